The van der Waals surface area contributed by atoms with E-state index in [4.69, 9.17) is 0 Å². The number of aromatic nitrogens is 3. The predicted octanol–water partition coefficient (Wildman–Crippen LogP) is 5.40. The van der Waals surface area contributed by atoms with E-state index in [1.165, 1.54) is 17.0 Å². The van der Waals surface area contributed by atoms with Crippen LogP contribution in [0.5, 0.6) is 0 Å². The van der Waals surface area contributed by atoms with Crippen LogP contribution in [0.2, 0.25) is 0 Å². The Morgan fingerprint density at radius 2 is 2.08 bits per heavy atom. The van der Waals surface area contributed by atoms with E-state index in [2.05, 4.69) is 26.2 Å². The average molecular weight is 377 g/mol. The Morgan fingerprint density at radius 1 is 1.24 bits per heavy atom. The maximum absolute atomic E-state index is 13.5. The van der Waals surface area contributed by atoms with Crippen molar-refractivity contribution in [2.24, 2.45) is 0 Å². The first-order valence-electron chi connectivity index (χ1n) is 8.19. The van der Waals surface area contributed by atoms with Gasteiger partial charge in [0, 0.05) is 22.6 Å². The third-order valence-electron chi connectivity index (χ3n) is 4.25. The number of nitrogens with zero attached hydrogens (tertiary/aromatic N) is 3. The van der Waals surface area contributed by atoms with Gasteiger partial charge in [0.1, 0.15) is 5.82 Å². The second-order valence-corrected chi connectivity index (χ2v) is 8.53. The topological polar surface area (TPSA) is 30.7 Å². The van der Waals surface area contributed by atoms with Gasteiger partial charge in [-0.3, -0.25) is 0 Å². The quantitative estimate of drug-likeness (QED) is 0.539. The summed E-state index contributed by atoms with van der Waals surface area (Å²) in [7, 11) is 0. The van der Waals surface area contributed by atoms with Gasteiger partial charge in [-0.1, -0.05) is 23.9 Å². The molecule has 0 aliphatic heterocycles. The van der Waals surface area contributed by atoms with Crippen molar-refractivity contribution >= 4 is 23.1 Å². The first-order valence-corrected chi connectivity index (χ1v) is 9.95. The fourth-order valence-electron chi connectivity index (χ4n) is 2.77. The molecule has 3 nitrogen and oxygen atoms in total. The van der Waals surface area contributed by atoms with Gasteiger partial charge in [-0.05, 0) is 48.9 Å². The Balaban J connectivity index is 1.57. The monoisotopic (exact) mass is 377 g/mol. The lowest BCUT2D eigenvalue weighted by Gasteiger charge is -2.13. The molecular weight excluding hydrogens is 360 g/mol. The fraction of sp³-hybridized carbons (Fsp3) is 0.333. The molecule has 7 heteroatoms. The van der Waals surface area contributed by atoms with E-state index in [0.717, 1.165) is 35.8 Å². The second kappa shape index (κ2) is 6.88. The maximum Gasteiger partial charge on any atom is 0.192 e. The second-order valence-electron chi connectivity index (χ2n) is 6.19. The van der Waals surface area contributed by atoms with Crippen molar-refractivity contribution in [3.05, 3.63) is 63.6 Å². The van der Waals surface area contributed by atoms with Gasteiger partial charge in [0.2, 0.25) is 0 Å². The van der Waals surface area contributed by atoms with Gasteiger partial charge in [-0.2, -0.15) is 0 Å². The molecule has 1 aromatic carbocycles. The van der Waals surface area contributed by atoms with Gasteiger partial charge in [-0.25, -0.2) is 8.78 Å². The van der Waals surface area contributed by atoms with Crippen molar-refractivity contribution in [3.8, 4) is 0 Å². The Hall–Kier alpha value is -1.73. The highest BCUT2D eigenvalue weighted by molar-refractivity contribution is 7.99. The normalized spacial score (nSPS) is 15.5. The molecule has 0 amide bonds. The smallest absolute Gasteiger partial charge is 0.192 e. The highest BCUT2D eigenvalue weighted by atomic mass is 32.2. The van der Waals surface area contributed by atoms with E-state index in [9.17, 15) is 8.78 Å². The molecule has 3 aromatic rings. The van der Waals surface area contributed by atoms with E-state index in [1.807, 2.05) is 13.0 Å². The molecule has 1 saturated carbocycles. The first-order chi connectivity index (χ1) is 12.1. The number of thiophene rings is 1. The average Bonchev–Trinajstić information content (AvgIpc) is 3.15. The lowest BCUT2D eigenvalue weighted by atomic mass is 10.1. The summed E-state index contributed by atoms with van der Waals surface area (Å²) in [6.07, 6.45) is 3.06. The summed E-state index contributed by atoms with van der Waals surface area (Å²) in [5.41, 5.74) is 0.744. The van der Waals surface area contributed by atoms with E-state index in [1.54, 1.807) is 29.2 Å². The van der Waals surface area contributed by atoms with Gasteiger partial charge in [0.25, 0.3) is 0 Å². The van der Waals surface area contributed by atoms with Crippen molar-refractivity contribution in [1.29, 1.82) is 0 Å². The molecule has 1 fully saturated rings. The van der Waals surface area contributed by atoms with Gasteiger partial charge in [-0.15, -0.1) is 21.5 Å². The predicted molar refractivity (Wildman–Crippen MR) is 96.0 cm³/mol. The largest absolute Gasteiger partial charge is 0.303 e. The van der Waals surface area contributed by atoms with Gasteiger partial charge in [0.05, 0.1) is 0 Å². The standard InChI is InChI=1S/C18H17F2N3S2/c1-11(12-4-7-15(19)16(20)9-12)25-18-22-21-17(23(18)13-5-6-13)10-14-3-2-8-24-14/h2-4,7-9,11,13H,5-6,10H2,1H3. The molecule has 0 spiro atoms. The summed E-state index contributed by atoms with van der Waals surface area (Å²) in [5.74, 6) is -0.655. The molecule has 130 valence electrons. The first kappa shape index (κ1) is 16.7. The third-order valence-corrected chi connectivity index (χ3v) is 6.25. The zero-order valence-electron chi connectivity index (χ0n) is 13.7. The van der Waals surface area contributed by atoms with E-state index >= 15 is 0 Å². The molecule has 1 atom stereocenters. The van der Waals surface area contributed by atoms with Crippen LogP contribution in [0.1, 0.15) is 47.3 Å². The van der Waals surface area contributed by atoms with Crippen LogP contribution in [-0.2, 0) is 6.42 Å². The maximum atomic E-state index is 13.5. The molecule has 1 unspecified atom stereocenters. The molecule has 1 aliphatic carbocycles. The number of rotatable bonds is 6. The van der Waals surface area contributed by atoms with Crippen LogP contribution in [0.4, 0.5) is 8.78 Å². The van der Waals surface area contributed by atoms with Crippen molar-refractivity contribution in [2.45, 2.75) is 42.6 Å². The van der Waals surface area contributed by atoms with Crippen molar-refractivity contribution < 1.29 is 8.78 Å². The van der Waals surface area contributed by atoms with Crippen LogP contribution in [-0.4, -0.2) is 14.8 Å². The molecule has 2 aromatic heterocycles. The van der Waals surface area contributed by atoms with E-state index < -0.39 is 11.6 Å². The van der Waals surface area contributed by atoms with Crippen molar-refractivity contribution in [3.63, 3.8) is 0 Å². The molecule has 0 saturated heterocycles. The van der Waals surface area contributed by atoms with E-state index in [-0.39, 0.29) is 5.25 Å². The lowest BCUT2D eigenvalue weighted by molar-refractivity contribution is 0.507. The molecule has 4 rings (SSSR count). The highest BCUT2D eigenvalue weighted by Gasteiger charge is 2.30. The van der Waals surface area contributed by atoms with Crippen LogP contribution in [0, 0.1) is 11.6 Å². The summed E-state index contributed by atoms with van der Waals surface area (Å²) in [4.78, 5) is 1.26. The Labute approximate surface area is 153 Å². The van der Waals surface area contributed by atoms with E-state index in [0.29, 0.717) is 6.04 Å². The molecule has 1 aliphatic rings. The lowest BCUT2D eigenvalue weighted by Crippen LogP contribution is -2.04. The summed E-state index contributed by atoms with van der Waals surface area (Å²) in [6, 6.07) is 8.67. The van der Waals surface area contributed by atoms with Gasteiger partial charge in [0.15, 0.2) is 16.8 Å². The fourth-order valence-corrected chi connectivity index (χ4v) is 4.52. The van der Waals surface area contributed by atoms with Crippen LogP contribution in [0.15, 0.2) is 40.9 Å². The number of hydrogen-bond acceptors (Lipinski definition) is 4. The molecule has 0 bridgehead atoms. The van der Waals surface area contributed by atoms with Crippen molar-refractivity contribution in [1.82, 2.24) is 14.8 Å². The number of thioether (sulfide) groups is 1. The van der Waals surface area contributed by atoms with Crippen LogP contribution < -0.4 is 0 Å². The highest BCUT2D eigenvalue weighted by Crippen LogP contribution is 2.42. The molecule has 2 heterocycles. The third kappa shape index (κ3) is 3.62. The minimum Gasteiger partial charge on any atom is -0.303 e. The van der Waals surface area contributed by atoms with Crippen LogP contribution in [0.3, 0.4) is 0 Å². The summed E-state index contributed by atoms with van der Waals surface area (Å²) >= 11 is 3.26. The Bertz CT molecular complexity index is 873. The minimum atomic E-state index is -0.819. The van der Waals surface area contributed by atoms with Crippen molar-refractivity contribution in [2.75, 3.05) is 0 Å². The van der Waals surface area contributed by atoms with Gasteiger partial charge >= 0.3 is 0 Å². The zero-order valence-corrected chi connectivity index (χ0v) is 15.3. The number of benzene rings is 1. The number of halogens is 2. The van der Waals surface area contributed by atoms with Gasteiger partial charge < -0.3 is 4.57 Å². The van der Waals surface area contributed by atoms with Crippen LogP contribution in [0.25, 0.3) is 0 Å². The molecule has 0 radical (unpaired) electrons. The van der Waals surface area contributed by atoms with Crippen LogP contribution >= 0.6 is 23.1 Å². The molecule has 25 heavy (non-hydrogen) atoms. The number of hydrogen-bond donors (Lipinski definition) is 0. The SMILES string of the molecule is CC(Sc1nnc(Cc2cccs2)n1C1CC1)c1ccc(F)c(F)c1. The summed E-state index contributed by atoms with van der Waals surface area (Å²) in [6.45, 7) is 1.97. The Kier molecular flexibility index (Phi) is 4.60. The summed E-state index contributed by atoms with van der Waals surface area (Å²) in [5, 5.41) is 11.7. The molecular formula is C18H17F2N3S2. The minimum absolute atomic E-state index is 0.0358. The molecule has 0 N–H and O–H groups in total. The summed E-state index contributed by atoms with van der Waals surface area (Å²) < 4.78 is 28.9. The Morgan fingerprint density at radius 3 is 2.76 bits per heavy atom. The zero-order chi connectivity index (χ0) is 17.4.